The Balaban J connectivity index is 1.98. The molecule has 1 saturated heterocycles. The number of amides is 1. The van der Waals surface area contributed by atoms with Crippen molar-refractivity contribution in [2.45, 2.75) is 27.7 Å². The molecule has 2 heterocycles. The quantitative estimate of drug-likeness (QED) is 0.672. The average Bonchev–Trinajstić information content (AvgIpc) is 2.94. The van der Waals surface area contributed by atoms with Crippen molar-refractivity contribution < 1.29 is 4.79 Å². The molecule has 0 radical (unpaired) electrons. The number of hydrogen-bond acceptors (Lipinski definition) is 2. The van der Waals surface area contributed by atoms with Crippen LogP contribution in [-0.2, 0) is 11.8 Å². The Morgan fingerprint density at radius 2 is 1.79 bits per heavy atom. The summed E-state index contributed by atoms with van der Waals surface area (Å²) < 4.78 is 2.10. The summed E-state index contributed by atoms with van der Waals surface area (Å²) in [5.74, 6) is -0.121. The van der Waals surface area contributed by atoms with Gasteiger partial charge in [-0.3, -0.25) is 9.69 Å². The van der Waals surface area contributed by atoms with Gasteiger partial charge in [-0.05, 0) is 80.9 Å². The predicted molar refractivity (Wildman–Crippen MR) is 102 cm³/mol. The molecule has 1 N–H and O–H groups in total. The Morgan fingerprint density at radius 3 is 2.38 bits per heavy atom. The molecule has 5 heteroatoms. The molecule has 1 fully saturated rings. The van der Waals surface area contributed by atoms with Gasteiger partial charge in [-0.1, -0.05) is 6.07 Å². The van der Waals surface area contributed by atoms with Crippen LogP contribution >= 0.6 is 12.2 Å². The normalized spacial score (nSPS) is 16.2. The van der Waals surface area contributed by atoms with Gasteiger partial charge in [-0.25, -0.2) is 0 Å². The van der Waals surface area contributed by atoms with Crippen molar-refractivity contribution in [1.82, 2.24) is 9.88 Å². The third-order valence-electron chi connectivity index (χ3n) is 4.74. The minimum absolute atomic E-state index is 0.121. The van der Waals surface area contributed by atoms with E-state index >= 15 is 0 Å². The predicted octanol–water partition coefficient (Wildman–Crippen LogP) is 3.52. The Bertz CT molecular complexity index is 892. The van der Waals surface area contributed by atoms with Crippen molar-refractivity contribution in [1.29, 1.82) is 0 Å². The van der Waals surface area contributed by atoms with Crippen molar-refractivity contribution >= 4 is 35.0 Å². The van der Waals surface area contributed by atoms with E-state index < -0.39 is 0 Å². The van der Waals surface area contributed by atoms with Crippen LogP contribution in [0.3, 0.4) is 0 Å². The summed E-state index contributed by atoms with van der Waals surface area (Å²) >= 11 is 5.38. The molecule has 0 saturated carbocycles. The van der Waals surface area contributed by atoms with E-state index in [9.17, 15) is 4.79 Å². The highest BCUT2D eigenvalue weighted by atomic mass is 32.1. The molecule has 0 aliphatic carbocycles. The maximum absolute atomic E-state index is 12.8. The van der Waals surface area contributed by atoms with Crippen LogP contribution in [0.4, 0.5) is 5.69 Å². The fourth-order valence-corrected chi connectivity index (χ4v) is 3.12. The maximum atomic E-state index is 12.8. The molecular weight excluding hydrogens is 318 g/mol. The third kappa shape index (κ3) is 2.65. The molecule has 4 nitrogen and oxygen atoms in total. The number of rotatable bonds is 2. The molecule has 0 atom stereocenters. The number of hydrogen-bond donors (Lipinski definition) is 1. The van der Waals surface area contributed by atoms with Crippen LogP contribution in [0.5, 0.6) is 0 Å². The lowest BCUT2D eigenvalue weighted by atomic mass is 10.1. The molecule has 24 heavy (non-hydrogen) atoms. The third-order valence-corrected chi connectivity index (χ3v) is 5.03. The van der Waals surface area contributed by atoms with Crippen molar-refractivity contribution in [2.24, 2.45) is 7.05 Å². The zero-order valence-corrected chi connectivity index (χ0v) is 15.4. The Labute approximate surface area is 147 Å². The van der Waals surface area contributed by atoms with Gasteiger partial charge in [-0.15, -0.1) is 0 Å². The van der Waals surface area contributed by atoms with Crippen molar-refractivity contribution in [2.75, 3.05) is 4.90 Å². The van der Waals surface area contributed by atoms with Crippen molar-refractivity contribution in [3.05, 3.63) is 58.0 Å². The first-order valence-electron chi connectivity index (χ1n) is 7.87. The van der Waals surface area contributed by atoms with Crippen LogP contribution in [0.15, 0.2) is 30.0 Å². The summed E-state index contributed by atoms with van der Waals surface area (Å²) in [6, 6.07) is 7.99. The average molecular weight is 339 g/mol. The first-order valence-corrected chi connectivity index (χ1v) is 8.27. The van der Waals surface area contributed by atoms with Crippen LogP contribution in [-0.4, -0.2) is 15.6 Å². The van der Waals surface area contributed by atoms with E-state index in [1.165, 1.54) is 5.56 Å². The second kappa shape index (κ2) is 5.91. The van der Waals surface area contributed by atoms with Gasteiger partial charge in [0.25, 0.3) is 5.91 Å². The summed E-state index contributed by atoms with van der Waals surface area (Å²) in [6.45, 7) is 8.17. The summed E-state index contributed by atoms with van der Waals surface area (Å²) in [4.78, 5) is 14.4. The van der Waals surface area contributed by atoms with Gasteiger partial charge < -0.3 is 9.88 Å². The van der Waals surface area contributed by atoms with Gasteiger partial charge in [0, 0.05) is 18.4 Å². The molecule has 3 rings (SSSR count). The molecule has 1 aromatic heterocycles. The van der Waals surface area contributed by atoms with Gasteiger partial charge >= 0.3 is 0 Å². The van der Waals surface area contributed by atoms with Crippen LogP contribution < -0.4 is 10.2 Å². The number of carbonyl (C=O) groups excluding carboxylic acids is 1. The summed E-state index contributed by atoms with van der Waals surface area (Å²) in [5, 5.41) is 3.47. The molecule has 0 unspecified atom stereocenters. The number of anilines is 1. The molecule has 124 valence electrons. The number of nitrogens with zero attached hydrogens (tertiary/aromatic N) is 2. The molecule has 1 aliphatic heterocycles. The highest BCUT2D eigenvalue weighted by Gasteiger charge is 2.32. The van der Waals surface area contributed by atoms with E-state index in [-0.39, 0.29) is 5.91 Å². The SMILES string of the molecule is Cc1ccc(N2C(=O)/C(=C/c3cc(C)n(C)c3C)NC2=S)cc1C. The number of benzene rings is 1. The first kappa shape index (κ1) is 16.5. The molecule has 0 bridgehead atoms. The van der Waals surface area contributed by atoms with E-state index in [1.54, 1.807) is 4.90 Å². The zero-order chi connectivity index (χ0) is 17.6. The molecule has 1 aromatic carbocycles. The number of aryl methyl sites for hydroxylation is 3. The van der Waals surface area contributed by atoms with Crippen molar-refractivity contribution in [3.63, 3.8) is 0 Å². The second-order valence-electron chi connectivity index (χ2n) is 6.28. The van der Waals surface area contributed by atoms with Gasteiger partial charge in [0.2, 0.25) is 0 Å². The molecule has 1 amide bonds. The van der Waals surface area contributed by atoms with Crippen LogP contribution in [0.1, 0.15) is 28.1 Å². The van der Waals surface area contributed by atoms with Gasteiger partial charge in [0.05, 0.1) is 5.69 Å². The Morgan fingerprint density at radius 1 is 1.08 bits per heavy atom. The maximum Gasteiger partial charge on any atom is 0.281 e. The van der Waals surface area contributed by atoms with Crippen LogP contribution in [0, 0.1) is 27.7 Å². The van der Waals surface area contributed by atoms with E-state index in [0.717, 1.165) is 28.2 Å². The minimum atomic E-state index is -0.121. The van der Waals surface area contributed by atoms with E-state index in [2.05, 4.69) is 16.0 Å². The Kier molecular flexibility index (Phi) is 4.05. The van der Waals surface area contributed by atoms with E-state index in [4.69, 9.17) is 12.2 Å². The number of carbonyl (C=O) groups is 1. The fraction of sp³-hybridized carbons (Fsp3) is 0.263. The Hall–Kier alpha value is -2.40. The lowest BCUT2D eigenvalue weighted by Gasteiger charge is -2.15. The molecular formula is C19H21N3OS. The van der Waals surface area contributed by atoms with E-state index in [1.807, 2.05) is 59.0 Å². The largest absolute Gasteiger partial charge is 0.352 e. The molecule has 2 aromatic rings. The lowest BCUT2D eigenvalue weighted by molar-refractivity contribution is -0.113. The number of nitrogens with one attached hydrogen (secondary N) is 1. The van der Waals surface area contributed by atoms with Gasteiger partial charge in [-0.2, -0.15) is 0 Å². The van der Waals surface area contributed by atoms with Gasteiger partial charge in [0.1, 0.15) is 5.70 Å². The minimum Gasteiger partial charge on any atom is -0.352 e. The van der Waals surface area contributed by atoms with E-state index in [0.29, 0.717) is 10.8 Å². The van der Waals surface area contributed by atoms with Crippen LogP contribution in [0.25, 0.3) is 6.08 Å². The smallest absolute Gasteiger partial charge is 0.281 e. The number of thiocarbonyl (C=S) groups is 1. The van der Waals surface area contributed by atoms with Crippen molar-refractivity contribution in [3.8, 4) is 0 Å². The number of aromatic nitrogens is 1. The van der Waals surface area contributed by atoms with Crippen LogP contribution in [0.2, 0.25) is 0 Å². The summed E-state index contributed by atoms with van der Waals surface area (Å²) in [7, 11) is 2.02. The fourth-order valence-electron chi connectivity index (χ4n) is 2.82. The topological polar surface area (TPSA) is 37.3 Å². The molecule has 0 spiro atoms. The second-order valence-corrected chi connectivity index (χ2v) is 6.67. The van der Waals surface area contributed by atoms with Gasteiger partial charge in [0.15, 0.2) is 5.11 Å². The lowest BCUT2D eigenvalue weighted by Crippen LogP contribution is -2.30. The highest BCUT2D eigenvalue weighted by Crippen LogP contribution is 2.25. The summed E-state index contributed by atoms with van der Waals surface area (Å²) in [6.07, 6.45) is 1.87. The monoisotopic (exact) mass is 339 g/mol. The summed E-state index contributed by atoms with van der Waals surface area (Å²) in [5.41, 5.74) is 6.92. The highest BCUT2D eigenvalue weighted by molar-refractivity contribution is 7.80. The first-order chi connectivity index (χ1) is 11.3. The molecule has 1 aliphatic rings. The zero-order valence-electron chi connectivity index (χ0n) is 14.6. The standard InChI is InChI=1S/C19H21N3OS/c1-11-6-7-16(8-12(11)2)22-18(23)17(20-19(22)24)10-15-9-13(3)21(5)14(15)4/h6-10H,1-5H3,(H,20,24)/b17-10-.